The topological polar surface area (TPSA) is 62.3 Å². The first-order valence-corrected chi connectivity index (χ1v) is 9.56. The van der Waals surface area contributed by atoms with Crippen molar-refractivity contribution in [3.63, 3.8) is 0 Å². The second kappa shape index (κ2) is 5.89. The molecule has 0 amide bonds. The molecule has 1 aliphatic heterocycles. The van der Waals surface area contributed by atoms with Crippen LogP contribution >= 0.6 is 15.9 Å². The molecule has 0 fully saturated rings. The lowest BCUT2D eigenvalue weighted by atomic mass is 9.98. The van der Waals surface area contributed by atoms with E-state index in [4.69, 9.17) is 0 Å². The Bertz CT molecular complexity index is 791. The van der Waals surface area contributed by atoms with Crippen LogP contribution in [0.5, 0.6) is 0 Å². The summed E-state index contributed by atoms with van der Waals surface area (Å²) in [5.41, 5.74) is 2.88. The Morgan fingerprint density at radius 2 is 2.09 bits per heavy atom. The van der Waals surface area contributed by atoms with Crippen molar-refractivity contribution in [1.82, 2.24) is 4.98 Å². The maximum absolute atomic E-state index is 11.5. The number of halogens is 1. The number of hydrogen-bond acceptors (Lipinski definition) is 4. The van der Waals surface area contributed by atoms with Gasteiger partial charge in [0, 0.05) is 23.8 Å². The molecule has 1 N–H and O–H groups in total. The van der Waals surface area contributed by atoms with Crippen LogP contribution in [0.3, 0.4) is 0 Å². The zero-order valence-electron chi connectivity index (χ0n) is 12.1. The van der Waals surface area contributed by atoms with Gasteiger partial charge in [0.25, 0.3) is 0 Å². The van der Waals surface area contributed by atoms with Crippen molar-refractivity contribution in [2.75, 3.05) is 22.4 Å². The number of aromatic nitrogens is 1. The van der Waals surface area contributed by atoms with Gasteiger partial charge in [0.05, 0.1) is 11.9 Å². The maximum Gasteiger partial charge on any atom is 0.229 e. The lowest BCUT2D eigenvalue weighted by molar-refractivity contribution is 0.606. The molecule has 0 radical (unpaired) electrons. The number of nitrogens with one attached hydrogen (secondary N) is 1. The summed E-state index contributed by atoms with van der Waals surface area (Å²) in [4.78, 5) is 6.62. The van der Waals surface area contributed by atoms with Gasteiger partial charge in [-0.05, 0) is 51.7 Å². The van der Waals surface area contributed by atoms with E-state index in [0.717, 1.165) is 40.9 Å². The van der Waals surface area contributed by atoms with Crippen LogP contribution in [0.2, 0.25) is 0 Å². The zero-order valence-corrected chi connectivity index (χ0v) is 14.5. The van der Waals surface area contributed by atoms with Crippen LogP contribution in [0.1, 0.15) is 11.1 Å². The van der Waals surface area contributed by atoms with Gasteiger partial charge in [0.2, 0.25) is 10.0 Å². The van der Waals surface area contributed by atoms with E-state index in [1.165, 1.54) is 6.26 Å². The number of nitrogens with zero attached hydrogens (tertiary/aromatic N) is 2. The highest BCUT2D eigenvalue weighted by molar-refractivity contribution is 9.10. The average Bonchev–Trinajstić information content (AvgIpc) is 2.46. The predicted octanol–water partition coefficient (Wildman–Crippen LogP) is 2.78. The first kappa shape index (κ1) is 15.3. The first-order chi connectivity index (χ1) is 10.4. The van der Waals surface area contributed by atoms with Gasteiger partial charge in [0.1, 0.15) is 5.82 Å². The molecule has 5 nitrogen and oxygen atoms in total. The molecule has 22 heavy (non-hydrogen) atoms. The van der Waals surface area contributed by atoms with Gasteiger partial charge in [-0.2, -0.15) is 0 Å². The van der Waals surface area contributed by atoms with Crippen molar-refractivity contribution in [1.29, 1.82) is 0 Å². The fourth-order valence-corrected chi connectivity index (χ4v) is 3.48. The van der Waals surface area contributed by atoms with E-state index in [0.29, 0.717) is 5.69 Å². The molecule has 0 aliphatic carbocycles. The Morgan fingerprint density at radius 3 is 2.77 bits per heavy atom. The smallest absolute Gasteiger partial charge is 0.229 e. The van der Waals surface area contributed by atoms with Crippen molar-refractivity contribution in [3.05, 3.63) is 52.1 Å². The minimum Gasteiger partial charge on any atom is -0.352 e. The van der Waals surface area contributed by atoms with Crippen LogP contribution in [0.15, 0.2) is 41.0 Å². The minimum atomic E-state index is -3.26. The number of sulfonamides is 1. The Morgan fingerprint density at radius 1 is 1.27 bits per heavy atom. The second-order valence-corrected chi connectivity index (χ2v) is 7.99. The van der Waals surface area contributed by atoms with Crippen LogP contribution < -0.4 is 9.62 Å². The van der Waals surface area contributed by atoms with E-state index in [-0.39, 0.29) is 0 Å². The number of anilines is 2. The summed E-state index contributed by atoms with van der Waals surface area (Å²) in [7, 11) is -3.26. The van der Waals surface area contributed by atoms with Crippen LogP contribution in [0.25, 0.3) is 0 Å². The third-order valence-electron chi connectivity index (χ3n) is 3.60. The number of pyridine rings is 1. The predicted molar refractivity (Wildman–Crippen MR) is 91.6 cm³/mol. The van der Waals surface area contributed by atoms with Crippen LogP contribution in [0.4, 0.5) is 11.5 Å². The third-order valence-corrected chi connectivity index (χ3v) is 4.66. The van der Waals surface area contributed by atoms with Gasteiger partial charge in [-0.3, -0.25) is 4.72 Å². The van der Waals surface area contributed by atoms with Gasteiger partial charge >= 0.3 is 0 Å². The molecule has 2 aromatic rings. The van der Waals surface area contributed by atoms with Gasteiger partial charge in [-0.1, -0.05) is 12.1 Å². The summed E-state index contributed by atoms with van der Waals surface area (Å²) in [5, 5.41) is 0. The molecule has 2 heterocycles. The summed E-state index contributed by atoms with van der Waals surface area (Å²) in [6, 6.07) is 9.68. The minimum absolute atomic E-state index is 0.684. The van der Waals surface area contributed by atoms with Crippen molar-refractivity contribution in [3.8, 4) is 0 Å². The summed E-state index contributed by atoms with van der Waals surface area (Å²) < 4.78 is 26.5. The molecular weight excluding hydrogens is 366 g/mol. The normalized spacial score (nSPS) is 14.5. The van der Waals surface area contributed by atoms with E-state index in [1.54, 1.807) is 6.20 Å². The molecular formula is C15H16BrN3O2S. The quantitative estimate of drug-likeness (QED) is 0.887. The number of fused-ring (bicyclic) bond motifs is 1. The van der Waals surface area contributed by atoms with Crippen LogP contribution in [0, 0.1) is 0 Å². The van der Waals surface area contributed by atoms with E-state index in [2.05, 4.69) is 30.5 Å². The first-order valence-electron chi connectivity index (χ1n) is 6.87. The summed E-state index contributed by atoms with van der Waals surface area (Å²) >= 11 is 3.39. The van der Waals surface area contributed by atoms with Gasteiger partial charge in [0.15, 0.2) is 0 Å². The molecule has 0 saturated carbocycles. The zero-order chi connectivity index (χ0) is 15.7. The molecule has 7 heteroatoms. The highest BCUT2D eigenvalue weighted by atomic mass is 79.9. The Balaban J connectivity index is 1.88. The van der Waals surface area contributed by atoms with Crippen LogP contribution in [-0.2, 0) is 23.0 Å². The molecule has 0 spiro atoms. The molecule has 1 aliphatic rings. The Hall–Kier alpha value is -1.60. The summed E-state index contributed by atoms with van der Waals surface area (Å²) in [6.45, 7) is 1.54. The fraction of sp³-hybridized carbons (Fsp3) is 0.267. The average molecular weight is 382 g/mol. The molecule has 0 saturated heterocycles. The van der Waals surface area contributed by atoms with Crippen molar-refractivity contribution in [2.24, 2.45) is 0 Å². The molecule has 0 bridgehead atoms. The Kier molecular flexibility index (Phi) is 4.10. The summed E-state index contributed by atoms with van der Waals surface area (Å²) in [5.74, 6) is 0.926. The van der Waals surface area contributed by atoms with E-state index < -0.39 is 10.0 Å². The number of hydrogen-bond donors (Lipinski definition) is 1. The monoisotopic (exact) mass is 381 g/mol. The van der Waals surface area contributed by atoms with Crippen molar-refractivity contribution >= 4 is 37.5 Å². The number of benzene rings is 1. The second-order valence-electron chi connectivity index (χ2n) is 5.32. The van der Waals surface area contributed by atoms with Crippen molar-refractivity contribution in [2.45, 2.75) is 13.0 Å². The highest BCUT2D eigenvalue weighted by Gasteiger charge is 2.20. The maximum atomic E-state index is 11.5. The van der Waals surface area contributed by atoms with E-state index >= 15 is 0 Å². The standard InChI is InChI=1S/C15H16BrN3O2S/c1-22(20,21)18-14-4-2-3-11-10-19(8-7-13(11)14)15-6-5-12(16)9-17-15/h2-6,9,18H,7-8,10H2,1H3. The fourth-order valence-electron chi connectivity index (χ4n) is 2.66. The third kappa shape index (κ3) is 3.41. The summed E-state index contributed by atoms with van der Waals surface area (Å²) in [6.07, 6.45) is 3.74. The molecule has 116 valence electrons. The highest BCUT2D eigenvalue weighted by Crippen LogP contribution is 2.29. The SMILES string of the molecule is CS(=O)(=O)Nc1cccc2c1CCN(c1ccc(Br)cn1)C2. The van der Waals surface area contributed by atoms with Crippen LogP contribution in [-0.4, -0.2) is 26.2 Å². The van der Waals surface area contributed by atoms with Gasteiger partial charge in [-0.25, -0.2) is 13.4 Å². The molecule has 3 rings (SSSR count). The lowest BCUT2D eigenvalue weighted by Crippen LogP contribution is -2.31. The van der Waals surface area contributed by atoms with Gasteiger partial charge in [-0.15, -0.1) is 0 Å². The molecule has 0 atom stereocenters. The van der Waals surface area contributed by atoms with E-state index in [1.807, 2.05) is 30.3 Å². The van der Waals surface area contributed by atoms with Crippen molar-refractivity contribution < 1.29 is 8.42 Å². The number of rotatable bonds is 3. The van der Waals surface area contributed by atoms with E-state index in [9.17, 15) is 8.42 Å². The molecule has 0 unspecified atom stereocenters. The lowest BCUT2D eigenvalue weighted by Gasteiger charge is -2.31. The van der Waals surface area contributed by atoms with Gasteiger partial charge < -0.3 is 4.90 Å². The Labute approximate surface area is 138 Å². The largest absolute Gasteiger partial charge is 0.352 e. The molecule has 1 aromatic heterocycles. The molecule has 1 aromatic carbocycles.